The third kappa shape index (κ3) is 4.53. The minimum Gasteiger partial charge on any atom is -0.493 e. The summed E-state index contributed by atoms with van der Waals surface area (Å²) in [6, 6.07) is 11.8. The molecule has 0 aliphatic heterocycles. The van der Waals surface area contributed by atoms with E-state index in [9.17, 15) is 14.7 Å². The minimum atomic E-state index is -0.799. The van der Waals surface area contributed by atoms with Crippen LogP contribution in [0.25, 0.3) is 21.3 Å². The van der Waals surface area contributed by atoms with Crippen molar-refractivity contribution in [1.29, 1.82) is 0 Å². The lowest BCUT2D eigenvalue weighted by atomic mass is 9.96. The van der Waals surface area contributed by atoms with Crippen LogP contribution in [0, 0.1) is 11.8 Å². The van der Waals surface area contributed by atoms with Gasteiger partial charge in [0.25, 0.3) is 0 Å². The zero-order chi connectivity index (χ0) is 20.4. The van der Waals surface area contributed by atoms with E-state index in [1.54, 1.807) is 6.92 Å². The molecule has 1 fully saturated rings. The van der Waals surface area contributed by atoms with Gasteiger partial charge in [0.05, 0.1) is 22.7 Å². The maximum Gasteiger partial charge on any atom is 0.306 e. The number of carbonyl (C=O) groups is 1. The molecule has 29 heavy (non-hydrogen) atoms. The first kappa shape index (κ1) is 19.7. The first-order valence-corrected chi connectivity index (χ1v) is 10.9. The number of hydrogen-bond donors (Lipinski definition) is 2. The van der Waals surface area contributed by atoms with Gasteiger partial charge in [0, 0.05) is 5.56 Å². The van der Waals surface area contributed by atoms with Crippen molar-refractivity contribution in [3.8, 4) is 16.9 Å². The van der Waals surface area contributed by atoms with Crippen molar-refractivity contribution in [2.24, 2.45) is 11.8 Å². The standard InChI is InChI=1S/C23H25NO4S/c1-14(22(25)26)10-16-6-9-20(28-13-15-4-2-3-5-15)18(11-16)17-7-8-19-21(12-17)29-23(27)24-19/h6-9,11-12,14-15H,2-5,10,13H2,1H3,(H,24,27)(H,25,26). The molecule has 5 nitrogen and oxygen atoms in total. The number of aromatic amines is 1. The highest BCUT2D eigenvalue weighted by Gasteiger charge is 2.18. The SMILES string of the molecule is CC(Cc1ccc(OCC2CCCC2)c(-c2ccc3[nH]c(=O)sc3c2)c1)C(=O)O. The van der Waals surface area contributed by atoms with Crippen molar-refractivity contribution in [1.82, 2.24) is 4.98 Å². The molecule has 1 aliphatic carbocycles. The van der Waals surface area contributed by atoms with Gasteiger partial charge in [-0.1, -0.05) is 43.2 Å². The molecule has 4 rings (SSSR count). The van der Waals surface area contributed by atoms with Crippen molar-refractivity contribution >= 4 is 27.5 Å². The van der Waals surface area contributed by atoms with Gasteiger partial charge in [-0.2, -0.15) is 0 Å². The van der Waals surface area contributed by atoms with Crippen LogP contribution in [0.2, 0.25) is 0 Å². The van der Waals surface area contributed by atoms with Crippen molar-refractivity contribution < 1.29 is 14.6 Å². The van der Waals surface area contributed by atoms with Gasteiger partial charge in [-0.15, -0.1) is 0 Å². The molecule has 1 aromatic heterocycles. The summed E-state index contributed by atoms with van der Waals surface area (Å²) in [7, 11) is 0. The van der Waals surface area contributed by atoms with Crippen LogP contribution in [0.3, 0.4) is 0 Å². The van der Waals surface area contributed by atoms with Crippen molar-refractivity contribution in [2.75, 3.05) is 6.61 Å². The number of rotatable bonds is 7. The van der Waals surface area contributed by atoms with Gasteiger partial charge >= 0.3 is 10.8 Å². The Hall–Kier alpha value is -2.60. The number of thiazole rings is 1. The van der Waals surface area contributed by atoms with E-state index in [0.29, 0.717) is 18.9 Å². The Kier molecular flexibility index (Phi) is 5.72. The maximum atomic E-state index is 11.7. The monoisotopic (exact) mass is 411 g/mol. The van der Waals surface area contributed by atoms with Crippen LogP contribution in [0.5, 0.6) is 5.75 Å². The van der Waals surface area contributed by atoms with Crippen LogP contribution >= 0.6 is 11.3 Å². The van der Waals surface area contributed by atoms with Gasteiger partial charge in [0.1, 0.15) is 5.75 Å². The summed E-state index contributed by atoms with van der Waals surface area (Å²) in [5, 5.41) is 9.25. The summed E-state index contributed by atoms with van der Waals surface area (Å²) in [6.07, 6.45) is 5.44. The smallest absolute Gasteiger partial charge is 0.306 e. The van der Waals surface area contributed by atoms with E-state index in [-0.39, 0.29) is 4.87 Å². The second kappa shape index (κ2) is 8.41. The summed E-state index contributed by atoms with van der Waals surface area (Å²) < 4.78 is 7.12. The molecule has 0 amide bonds. The van der Waals surface area contributed by atoms with Crippen LogP contribution < -0.4 is 9.61 Å². The van der Waals surface area contributed by atoms with E-state index in [1.165, 1.54) is 37.0 Å². The number of hydrogen-bond acceptors (Lipinski definition) is 4. The van der Waals surface area contributed by atoms with Crippen LogP contribution in [0.15, 0.2) is 41.2 Å². The highest BCUT2D eigenvalue weighted by Crippen LogP contribution is 2.35. The molecule has 1 unspecified atom stereocenters. The summed E-state index contributed by atoms with van der Waals surface area (Å²) in [6.45, 7) is 2.42. The number of benzene rings is 2. The number of fused-ring (bicyclic) bond motifs is 1. The molecule has 2 aromatic carbocycles. The molecule has 3 aromatic rings. The summed E-state index contributed by atoms with van der Waals surface area (Å²) in [4.78, 5) is 25.7. The fraction of sp³-hybridized carbons (Fsp3) is 0.391. The third-order valence-corrected chi connectivity index (χ3v) is 6.53. The lowest BCUT2D eigenvalue weighted by Crippen LogP contribution is -2.12. The normalized spacial score (nSPS) is 15.6. The van der Waals surface area contributed by atoms with Gasteiger partial charge in [-0.05, 0) is 60.6 Å². The second-order valence-electron chi connectivity index (χ2n) is 7.96. The van der Waals surface area contributed by atoms with E-state index < -0.39 is 11.9 Å². The van der Waals surface area contributed by atoms with Crippen LogP contribution in [-0.2, 0) is 11.2 Å². The second-order valence-corrected chi connectivity index (χ2v) is 8.98. The predicted molar refractivity (Wildman–Crippen MR) is 116 cm³/mol. The average molecular weight is 412 g/mol. The first-order valence-electron chi connectivity index (χ1n) is 10.1. The van der Waals surface area contributed by atoms with Crippen LogP contribution in [-0.4, -0.2) is 22.7 Å². The number of ether oxygens (including phenoxy) is 1. The fourth-order valence-corrected chi connectivity index (χ4v) is 4.77. The minimum absolute atomic E-state index is 0.0705. The molecule has 1 heterocycles. The highest BCUT2D eigenvalue weighted by molar-refractivity contribution is 7.16. The van der Waals surface area contributed by atoms with Gasteiger partial charge in [0.2, 0.25) is 0 Å². The highest BCUT2D eigenvalue weighted by atomic mass is 32.1. The Morgan fingerprint density at radius 3 is 2.79 bits per heavy atom. The Morgan fingerprint density at radius 1 is 1.24 bits per heavy atom. The molecule has 0 radical (unpaired) electrons. The predicted octanol–water partition coefficient (Wildman–Crippen LogP) is 5.09. The van der Waals surface area contributed by atoms with Crippen LogP contribution in [0.1, 0.15) is 38.2 Å². The van der Waals surface area contributed by atoms with Crippen molar-refractivity contribution in [3.05, 3.63) is 51.6 Å². The van der Waals surface area contributed by atoms with E-state index in [1.807, 2.05) is 36.4 Å². The number of aromatic nitrogens is 1. The first-order chi connectivity index (χ1) is 14.0. The molecule has 1 saturated carbocycles. The maximum absolute atomic E-state index is 11.7. The van der Waals surface area contributed by atoms with Crippen LogP contribution in [0.4, 0.5) is 0 Å². The number of carboxylic acid groups (broad SMARTS) is 1. The molecule has 1 aliphatic rings. The lowest BCUT2D eigenvalue weighted by Gasteiger charge is -2.17. The summed E-state index contributed by atoms with van der Waals surface area (Å²) in [5.41, 5.74) is 3.71. The molecule has 1 atom stereocenters. The number of carboxylic acids is 1. The fourth-order valence-electron chi connectivity index (χ4n) is 3.99. The van der Waals surface area contributed by atoms with Gasteiger partial charge < -0.3 is 14.8 Å². The molecule has 152 valence electrons. The van der Waals surface area contributed by atoms with E-state index in [4.69, 9.17) is 4.74 Å². The molecular formula is C23H25NO4S. The van der Waals surface area contributed by atoms with E-state index in [2.05, 4.69) is 4.98 Å². The van der Waals surface area contributed by atoms with Gasteiger partial charge in [-0.3, -0.25) is 9.59 Å². The largest absolute Gasteiger partial charge is 0.493 e. The Morgan fingerprint density at radius 2 is 2.03 bits per heavy atom. The molecule has 2 N–H and O–H groups in total. The van der Waals surface area contributed by atoms with Gasteiger partial charge in [0.15, 0.2) is 0 Å². The van der Waals surface area contributed by atoms with Crippen molar-refractivity contribution in [2.45, 2.75) is 39.0 Å². The molecule has 0 bridgehead atoms. The number of aliphatic carboxylic acids is 1. The number of nitrogens with one attached hydrogen (secondary N) is 1. The van der Waals surface area contributed by atoms with E-state index in [0.717, 1.165) is 32.7 Å². The zero-order valence-corrected chi connectivity index (χ0v) is 17.3. The molecular weight excluding hydrogens is 386 g/mol. The topological polar surface area (TPSA) is 79.4 Å². The summed E-state index contributed by atoms with van der Waals surface area (Å²) in [5.74, 6) is 0.162. The molecule has 0 saturated heterocycles. The zero-order valence-electron chi connectivity index (χ0n) is 16.4. The molecule has 0 spiro atoms. The average Bonchev–Trinajstić information content (AvgIpc) is 3.34. The number of H-pyrrole nitrogens is 1. The van der Waals surface area contributed by atoms with E-state index >= 15 is 0 Å². The summed E-state index contributed by atoms with van der Waals surface area (Å²) >= 11 is 1.19. The Bertz CT molecular complexity index is 1080. The Balaban J connectivity index is 1.69. The Labute approximate surface area is 173 Å². The third-order valence-electron chi connectivity index (χ3n) is 5.69. The van der Waals surface area contributed by atoms with Crippen molar-refractivity contribution in [3.63, 3.8) is 0 Å². The quantitative estimate of drug-likeness (QED) is 0.568. The van der Waals surface area contributed by atoms with Gasteiger partial charge in [-0.25, -0.2) is 0 Å². The molecule has 6 heteroatoms. The lowest BCUT2D eigenvalue weighted by molar-refractivity contribution is -0.141.